The van der Waals surface area contributed by atoms with E-state index in [9.17, 15) is 14.7 Å². The van der Waals surface area contributed by atoms with E-state index in [1.807, 2.05) is 30.3 Å². The van der Waals surface area contributed by atoms with Crippen LogP contribution in [0.15, 0.2) is 39.9 Å². The molecule has 0 amide bonds. The van der Waals surface area contributed by atoms with Crippen molar-refractivity contribution in [2.45, 2.75) is 6.10 Å². The Morgan fingerprint density at radius 3 is 2.54 bits per heavy atom. The molecule has 26 heavy (non-hydrogen) atoms. The second kappa shape index (κ2) is 9.07. The molecule has 0 aliphatic carbocycles. The molecule has 1 unspecified atom stereocenters. The highest BCUT2D eigenvalue weighted by Gasteiger charge is 2.12. The molecule has 0 aliphatic heterocycles. The van der Waals surface area contributed by atoms with Crippen molar-refractivity contribution < 1.29 is 9.84 Å². The van der Waals surface area contributed by atoms with Gasteiger partial charge < -0.3 is 26.2 Å². The molecule has 0 radical (unpaired) electrons. The van der Waals surface area contributed by atoms with Crippen LogP contribution in [0.25, 0.3) is 0 Å². The number of aliphatic hydroxyl groups excluding tert-OH is 1. The molecular formula is C17H25N5O4. The molecular weight excluding hydrogens is 338 g/mol. The summed E-state index contributed by atoms with van der Waals surface area (Å²) < 4.78 is 7.72. The van der Waals surface area contributed by atoms with E-state index in [-0.39, 0.29) is 18.1 Å². The van der Waals surface area contributed by atoms with Gasteiger partial charge in [0.15, 0.2) is 0 Å². The number of benzene rings is 1. The summed E-state index contributed by atoms with van der Waals surface area (Å²) in [6.07, 6.45) is -0.659. The van der Waals surface area contributed by atoms with Gasteiger partial charge in [-0.2, -0.15) is 0 Å². The van der Waals surface area contributed by atoms with Crippen LogP contribution in [0.4, 0.5) is 11.5 Å². The van der Waals surface area contributed by atoms with Crippen LogP contribution in [-0.4, -0.2) is 46.6 Å². The minimum atomic E-state index is -0.659. The maximum atomic E-state index is 11.9. The first kappa shape index (κ1) is 19.5. The van der Waals surface area contributed by atoms with Crippen LogP contribution in [0.3, 0.4) is 0 Å². The van der Waals surface area contributed by atoms with Crippen molar-refractivity contribution in [3.63, 3.8) is 0 Å². The lowest BCUT2D eigenvalue weighted by atomic mass is 10.3. The fraction of sp³-hybridized carbons (Fsp3) is 0.412. The first-order valence-corrected chi connectivity index (χ1v) is 8.27. The Kier molecular flexibility index (Phi) is 6.81. The average Bonchev–Trinajstić information content (AvgIpc) is 2.66. The average molecular weight is 363 g/mol. The predicted molar refractivity (Wildman–Crippen MR) is 101 cm³/mol. The molecule has 1 aromatic heterocycles. The standard InChI is InChI=1S/C17H25N5O4/c1-21-15(14(18)16(24)22(2)17(21)25)20-9-8-19-10-12(23)11-26-13-6-4-3-5-7-13/h3-7,12,19-20,23H,8-11,18H2,1-2H3. The monoisotopic (exact) mass is 363 g/mol. The first-order valence-electron chi connectivity index (χ1n) is 8.27. The second-order valence-electron chi connectivity index (χ2n) is 5.88. The molecule has 1 aromatic carbocycles. The highest BCUT2D eigenvalue weighted by atomic mass is 16.5. The third-order valence-corrected chi connectivity index (χ3v) is 3.86. The second-order valence-corrected chi connectivity index (χ2v) is 5.88. The van der Waals surface area contributed by atoms with Crippen LogP contribution < -0.4 is 32.4 Å². The van der Waals surface area contributed by atoms with E-state index in [1.165, 1.54) is 11.6 Å². The van der Waals surface area contributed by atoms with Gasteiger partial charge in [0.05, 0.1) is 0 Å². The van der Waals surface area contributed by atoms with E-state index < -0.39 is 17.4 Å². The smallest absolute Gasteiger partial charge is 0.332 e. The number of ether oxygens (including phenoxy) is 1. The van der Waals surface area contributed by atoms with E-state index in [1.54, 1.807) is 7.05 Å². The lowest BCUT2D eigenvalue weighted by molar-refractivity contribution is 0.107. The fourth-order valence-corrected chi connectivity index (χ4v) is 2.39. The molecule has 0 fully saturated rings. The SMILES string of the molecule is Cn1c(NCCNCC(O)COc2ccccc2)c(N)c(=O)n(C)c1=O. The Balaban J connectivity index is 1.74. The first-order chi connectivity index (χ1) is 12.4. The predicted octanol–water partition coefficient (Wildman–Crippen LogP) is -0.892. The fourth-order valence-electron chi connectivity index (χ4n) is 2.39. The van der Waals surface area contributed by atoms with E-state index >= 15 is 0 Å². The summed E-state index contributed by atoms with van der Waals surface area (Å²) >= 11 is 0. The Labute approximate surface area is 151 Å². The summed E-state index contributed by atoms with van der Waals surface area (Å²) in [7, 11) is 2.92. The summed E-state index contributed by atoms with van der Waals surface area (Å²) in [6.45, 7) is 1.46. The Morgan fingerprint density at radius 1 is 1.15 bits per heavy atom. The largest absolute Gasteiger partial charge is 0.491 e. The van der Waals surface area contributed by atoms with Crippen molar-refractivity contribution in [1.29, 1.82) is 0 Å². The lowest BCUT2D eigenvalue weighted by Gasteiger charge is -2.16. The molecule has 5 N–H and O–H groups in total. The van der Waals surface area contributed by atoms with E-state index in [4.69, 9.17) is 10.5 Å². The molecule has 9 nitrogen and oxygen atoms in total. The van der Waals surface area contributed by atoms with Crippen LogP contribution in [-0.2, 0) is 14.1 Å². The number of para-hydroxylation sites is 1. The number of nitrogens with zero attached hydrogens (tertiary/aromatic N) is 2. The van der Waals surface area contributed by atoms with E-state index in [0.29, 0.717) is 25.4 Å². The van der Waals surface area contributed by atoms with Crippen molar-refractivity contribution in [3.8, 4) is 5.75 Å². The Hall–Kier alpha value is -2.78. The topological polar surface area (TPSA) is 124 Å². The molecule has 1 heterocycles. The molecule has 0 saturated carbocycles. The van der Waals surface area contributed by atoms with Gasteiger partial charge in [0.2, 0.25) is 0 Å². The summed E-state index contributed by atoms with van der Waals surface area (Å²) in [5.74, 6) is 0.989. The van der Waals surface area contributed by atoms with Crippen LogP contribution in [0, 0.1) is 0 Å². The zero-order valence-corrected chi connectivity index (χ0v) is 14.9. The summed E-state index contributed by atoms with van der Waals surface area (Å²) in [5.41, 5.74) is 4.79. The highest BCUT2D eigenvalue weighted by Crippen LogP contribution is 2.09. The van der Waals surface area contributed by atoms with Crippen molar-refractivity contribution in [1.82, 2.24) is 14.5 Å². The van der Waals surface area contributed by atoms with Gasteiger partial charge in [0, 0.05) is 33.7 Å². The maximum absolute atomic E-state index is 11.9. The third-order valence-electron chi connectivity index (χ3n) is 3.86. The summed E-state index contributed by atoms with van der Waals surface area (Å²) in [4.78, 5) is 23.7. The highest BCUT2D eigenvalue weighted by molar-refractivity contribution is 5.60. The van der Waals surface area contributed by atoms with Crippen LogP contribution >= 0.6 is 0 Å². The third kappa shape index (κ3) is 4.87. The number of nitrogens with one attached hydrogen (secondary N) is 2. The van der Waals surface area contributed by atoms with Crippen molar-refractivity contribution in [3.05, 3.63) is 51.2 Å². The normalized spacial score (nSPS) is 12.0. The van der Waals surface area contributed by atoms with Crippen molar-refractivity contribution in [2.24, 2.45) is 14.1 Å². The molecule has 0 aliphatic rings. The van der Waals surface area contributed by atoms with Gasteiger partial charge in [-0.15, -0.1) is 0 Å². The molecule has 2 rings (SSSR count). The number of aliphatic hydroxyl groups is 1. The van der Waals surface area contributed by atoms with Crippen LogP contribution in [0.5, 0.6) is 5.75 Å². The number of hydrogen-bond donors (Lipinski definition) is 4. The quantitative estimate of drug-likeness (QED) is 0.426. The number of anilines is 2. The van der Waals surface area contributed by atoms with Crippen molar-refractivity contribution >= 4 is 11.5 Å². The zero-order chi connectivity index (χ0) is 19.1. The minimum Gasteiger partial charge on any atom is -0.491 e. The summed E-state index contributed by atoms with van der Waals surface area (Å²) in [6, 6.07) is 9.26. The minimum absolute atomic E-state index is 0.00843. The van der Waals surface area contributed by atoms with Gasteiger partial charge in [0.25, 0.3) is 5.56 Å². The number of hydrogen-bond acceptors (Lipinski definition) is 7. The molecule has 0 bridgehead atoms. The number of nitrogen functional groups attached to an aromatic ring is 1. The number of aromatic nitrogens is 2. The molecule has 0 saturated heterocycles. The van der Waals surface area contributed by atoms with Crippen molar-refractivity contribution in [2.75, 3.05) is 37.3 Å². The molecule has 0 spiro atoms. The van der Waals surface area contributed by atoms with Crippen LogP contribution in [0.2, 0.25) is 0 Å². The Morgan fingerprint density at radius 2 is 1.85 bits per heavy atom. The molecule has 9 heteroatoms. The Bertz CT molecular complexity index is 794. The lowest BCUT2D eigenvalue weighted by Crippen LogP contribution is -2.40. The van der Waals surface area contributed by atoms with Gasteiger partial charge in [-0.3, -0.25) is 13.9 Å². The molecule has 1 atom stereocenters. The van der Waals surface area contributed by atoms with Gasteiger partial charge in [-0.1, -0.05) is 18.2 Å². The zero-order valence-electron chi connectivity index (χ0n) is 14.9. The van der Waals surface area contributed by atoms with E-state index in [2.05, 4.69) is 10.6 Å². The maximum Gasteiger partial charge on any atom is 0.332 e. The summed E-state index contributed by atoms with van der Waals surface area (Å²) in [5, 5.41) is 15.9. The van der Waals surface area contributed by atoms with E-state index in [0.717, 1.165) is 4.57 Å². The number of rotatable bonds is 9. The van der Waals surface area contributed by atoms with Crippen LogP contribution in [0.1, 0.15) is 0 Å². The van der Waals surface area contributed by atoms with Gasteiger partial charge in [-0.05, 0) is 12.1 Å². The van der Waals surface area contributed by atoms with Gasteiger partial charge in [0.1, 0.15) is 30.0 Å². The number of nitrogens with two attached hydrogens (primary N) is 1. The molecule has 142 valence electrons. The van der Waals surface area contributed by atoms with Gasteiger partial charge in [-0.25, -0.2) is 4.79 Å². The van der Waals surface area contributed by atoms with Gasteiger partial charge >= 0.3 is 5.69 Å². The molecule has 2 aromatic rings.